The van der Waals surface area contributed by atoms with Gasteiger partial charge in [-0.3, -0.25) is 14.7 Å². The summed E-state index contributed by atoms with van der Waals surface area (Å²) < 4.78 is 6.14. The summed E-state index contributed by atoms with van der Waals surface area (Å²) in [5, 5.41) is 3.62. The summed E-state index contributed by atoms with van der Waals surface area (Å²) in [6, 6.07) is -0.0212. The SMILES string of the molecule is CN=C(NCC1CCCOC1C(C)(C)C)N1CCN(C(C)C(=O)N2CCCC2)CC1. The van der Waals surface area contributed by atoms with Gasteiger partial charge in [0.15, 0.2) is 5.96 Å². The number of hydrogen-bond donors (Lipinski definition) is 1. The van der Waals surface area contributed by atoms with Gasteiger partial charge in [0.05, 0.1) is 12.1 Å². The van der Waals surface area contributed by atoms with Gasteiger partial charge in [-0.1, -0.05) is 20.8 Å². The number of piperazine rings is 1. The molecule has 0 aliphatic carbocycles. The van der Waals surface area contributed by atoms with Gasteiger partial charge in [-0.05, 0) is 38.0 Å². The zero-order valence-electron chi connectivity index (χ0n) is 19.8. The first-order chi connectivity index (χ1) is 14.3. The molecule has 3 heterocycles. The Morgan fingerprint density at radius 3 is 2.33 bits per heavy atom. The summed E-state index contributed by atoms with van der Waals surface area (Å²) >= 11 is 0. The van der Waals surface area contributed by atoms with Crippen molar-refractivity contribution in [1.29, 1.82) is 0 Å². The van der Waals surface area contributed by atoms with Crippen LogP contribution in [0.2, 0.25) is 0 Å². The van der Waals surface area contributed by atoms with Crippen molar-refractivity contribution in [2.24, 2.45) is 16.3 Å². The standard InChI is InChI=1S/C23H43N5O2/c1-18(21(29)27-10-6-7-11-27)26-12-14-28(15-13-26)22(24-5)25-17-19-9-8-16-30-20(19)23(2,3)4/h18-20H,6-17H2,1-5H3,(H,24,25). The van der Waals surface area contributed by atoms with Gasteiger partial charge >= 0.3 is 0 Å². The molecule has 3 aliphatic heterocycles. The van der Waals surface area contributed by atoms with Crippen LogP contribution in [0.4, 0.5) is 0 Å². The number of nitrogens with one attached hydrogen (secondary N) is 1. The fourth-order valence-corrected chi connectivity index (χ4v) is 5.24. The first kappa shape index (κ1) is 23.3. The highest BCUT2D eigenvalue weighted by molar-refractivity contribution is 5.82. The third-order valence-electron chi connectivity index (χ3n) is 6.97. The van der Waals surface area contributed by atoms with Gasteiger partial charge in [0, 0.05) is 65.4 Å². The Bertz CT molecular complexity index is 589. The molecule has 1 amide bonds. The Hall–Kier alpha value is -1.34. The zero-order chi connectivity index (χ0) is 21.7. The van der Waals surface area contributed by atoms with E-state index < -0.39 is 0 Å². The molecule has 3 saturated heterocycles. The fraction of sp³-hybridized carbons (Fsp3) is 0.913. The maximum atomic E-state index is 12.7. The molecule has 0 radical (unpaired) electrons. The van der Waals surface area contributed by atoms with Crippen LogP contribution in [0.15, 0.2) is 4.99 Å². The van der Waals surface area contributed by atoms with Gasteiger partial charge in [0.1, 0.15) is 0 Å². The fourth-order valence-electron chi connectivity index (χ4n) is 5.24. The van der Waals surface area contributed by atoms with Crippen LogP contribution >= 0.6 is 0 Å². The second kappa shape index (κ2) is 10.3. The van der Waals surface area contributed by atoms with Gasteiger partial charge < -0.3 is 19.9 Å². The maximum absolute atomic E-state index is 12.7. The normalized spacial score (nSPS) is 28.0. The van der Waals surface area contributed by atoms with E-state index in [4.69, 9.17) is 4.74 Å². The van der Waals surface area contributed by atoms with Crippen molar-refractivity contribution in [3.05, 3.63) is 0 Å². The molecule has 0 spiro atoms. The molecule has 0 saturated carbocycles. The second-order valence-corrected chi connectivity index (χ2v) is 10.2. The zero-order valence-corrected chi connectivity index (χ0v) is 19.8. The van der Waals surface area contributed by atoms with Crippen LogP contribution in [0.5, 0.6) is 0 Å². The van der Waals surface area contributed by atoms with Gasteiger partial charge in [-0.25, -0.2) is 0 Å². The van der Waals surface area contributed by atoms with E-state index in [0.29, 0.717) is 11.8 Å². The lowest BCUT2D eigenvalue weighted by Crippen LogP contribution is -2.57. The quantitative estimate of drug-likeness (QED) is 0.556. The predicted octanol–water partition coefficient (Wildman–Crippen LogP) is 2.03. The lowest BCUT2D eigenvalue weighted by Gasteiger charge is -2.42. The minimum absolute atomic E-state index is 0.0212. The number of carbonyl (C=O) groups is 1. The van der Waals surface area contributed by atoms with Crippen LogP contribution in [0.25, 0.3) is 0 Å². The van der Waals surface area contributed by atoms with E-state index in [9.17, 15) is 4.79 Å². The summed E-state index contributed by atoms with van der Waals surface area (Å²) in [7, 11) is 1.87. The molecule has 0 aromatic rings. The van der Waals surface area contributed by atoms with Crippen LogP contribution in [0.3, 0.4) is 0 Å². The van der Waals surface area contributed by atoms with E-state index in [0.717, 1.165) is 77.6 Å². The number of carbonyl (C=O) groups excluding carboxylic acids is 1. The molecule has 7 nitrogen and oxygen atoms in total. The number of hydrogen-bond acceptors (Lipinski definition) is 4. The number of nitrogens with zero attached hydrogens (tertiary/aromatic N) is 4. The van der Waals surface area contributed by atoms with Crippen molar-refractivity contribution < 1.29 is 9.53 Å². The lowest BCUT2D eigenvalue weighted by molar-refractivity contribution is -0.135. The molecule has 3 unspecified atom stereocenters. The maximum Gasteiger partial charge on any atom is 0.239 e. The van der Waals surface area contributed by atoms with E-state index in [1.54, 1.807) is 0 Å². The van der Waals surface area contributed by atoms with E-state index in [1.165, 1.54) is 6.42 Å². The van der Waals surface area contributed by atoms with Crippen molar-refractivity contribution in [1.82, 2.24) is 20.0 Å². The number of guanidine groups is 1. The van der Waals surface area contributed by atoms with Crippen LogP contribution < -0.4 is 5.32 Å². The summed E-state index contributed by atoms with van der Waals surface area (Å²) in [5.41, 5.74) is 0.153. The molecular weight excluding hydrogens is 378 g/mol. The summed E-state index contributed by atoms with van der Waals surface area (Å²) in [6.07, 6.45) is 4.92. The van der Waals surface area contributed by atoms with Gasteiger partial charge in [-0.15, -0.1) is 0 Å². The van der Waals surface area contributed by atoms with Crippen molar-refractivity contribution in [3.63, 3.8) is 0 Å². The Morgan fingerprint density at radius 1 is 1.07 bits per heavy atom. The number of ether oxygens (including phenoxy) is 1. The molecule has 0 aromatic carbocycles. The number of likely N-dealkylation sites (tertiary alicyclic amines) is 1. The molecule has 3 rings (SSSR count). The summed E-state index contributed by atoms with van der Waals surface area (Å²) in [4.78, 5) is 24.0. The molecular formula is C23H43N5O2. The highest BCUT2D eigenvalue weighted by Crippen LogP contribution is 2.33. The van der Waals surface area contributed by atoms with Gasteiger partial charge in [0.2, 0.25) is 5.91 Å². The summed E-state index contributed by atoms with van der Waals surface area (Å²) in [6.45, 7) is 16.1. The average molecular weight is 422 g/mol. The predicted molar refractivity (Wildman–Crippen MR) is 122 cm³/mol. The van der Waals surface area contributed by atoms with E-state index in [2.05, 4.69) is 47.8 Å². The molecule has 3 aliphatic rings. The second-order valence-electron chi connectivity index (χ2n) is 10.2. The van der Waals surface area contributed by atoms with Crippen molar-refractivity contribution >= 4 is 11.9 Å². The minimum atomic E-state index is -0.0212. The first-order valence-corrected chi connectivity index (χ1v) is 11.9. The number of aliphatic imine (C=N–C) groups is 1. The van der Waals surface area contributed by atoms with E-state index in [1.807, 2.05) is 11.9 Å². The largest absolute Gasteiger partial charge is 0.377 e. The van der Waals surface area contributed by atoms with E-state index >= 15 is 0 Å². The van der Waals surface area contributed by atoms with Crippen molar-refractivity contribution in [2.75, 3.05) is 59.5 Å². The number of amides is 1. The van der Waals surface area contributed by atoms with Crippen LogP contribution in [-0.2, 0) is 9.53 Å². The monoisotopic (exact) mass is 421 g/mol. The molecule has 3 atom stereocenters. The van der Waals surface area contributed by atoms with Gasteiger partial charge in [0.25, 0.3) is 0 Å². The molecule has 7 heteroatoms. The van der Waals surface area contributed by atoms with Crippen molar-refractivity contribution in [3.8, 4) is 0 Å². The molecule has 0 aromatic heterocycles. The van der Waals surface area contributed by atoms with Crippen molar-refractivity contribution in [2.45, 2.75) is 65.5 Å². The average Bonchev–Trinajstić information content (AvgIpc) is 3.28. The Kier molecular flexibility index (Phi) is 8.02. The topological polar surface area (TPSA) is 60.4 Å². The lowest BCUT2D eigenvalue weighted by atomic mass is 9.78. The Morgan fingerprint density at radius 2 is 1.73 bits per heavy atom. The molecule has 1 N–H and O–H groups in total. The molecule has 30 heavy (non-hydrogen) atoms. The Balaban J connectivity index is 1.48. The van der Waals surface area contributed by atoms with Gasteiger partial charge in [-0.2, -0.15) is 0 Å². The molecule has 3 fully saturated rings. The summed E-state index contributed by atoms with van der Waals surface area (Å²) in [5.74, 6) is 1.79. The molecule has 0 bridgehead atoms. The highest BCUT2D eigenvalue weighted by atomic mass is 16.5. The third kappa shape index (κ3) is 5.67. The third-order valence-corrected chi connectivity index (χ3v) is 6.97. The smallest absolute Gasteiger partial charge is 0.239 e. The van der Waals surface area contributed by atoms with Crippen LogP contribution in [0.1, 0.15) is 53.4 Å². The minimum Gasteiger partial charge on any atom is -0.377 e. The first-order valence-electron chi connectivity index (χ1n) is 11.9. The Labute approximate surface area is 183 Å². The molecule has 172 valence electrons. The highest BCUT2D eigenvalue weighted by Gasteiger charge is 2.36. The van der Waals surface area contributed by atoms with E-state index in [-0.39, 0.29) is 17.6 Å². The number of rotatable bonds is 4. The van der Waals surface area contributed by atoms with Crippen LogP contribution in [0, 0.1) is 11.3 Å². The van der Waals surface area contributed by atoms with Crippen LogP contribution in [-0.4, -0.2) is 98.2 Å².